The van der Waals surface area contributed by atoms with Gasteiger partial charge >= 0.3 is 13.8 Å². The van der Waals surface area contributed by atoms with Crippen molar-refractivity contribution in [1.29, 1.82) is 5.26 Å². The van der Waals surface area contributed by atoms with Gasteiger partial charge in [-0.1, -0.05) is 24.3 Å². The molecule has 0 aliphatic carbocycles. The van der Waals surface area contributed by atoms with Gasteiger partial charge in [0, 0.05) is 28.0 Å². The van der Waals surface area contributed by atoms with Crippen molar-refractivity contribution >= 4 is 43.0 Å². The number of thioether (sulfide) groups is 1. The topological polar surface area (TPSA) is 166 Å². The largest absolute Gasteiger partial charge is 0.469 e. The number of allylic oxidation sites excluding steroid dienone is 2. The SMILES string of the molecule is C[C@@H](S[C@H]1CO[C@H](C=CC=Cc2ccc(C#N)cc2F)OC1)[C@@](Cn1cncn1)(OC(=O)c1sccc1COP(=O)(O)O)c1ccc(F)cc1F. The molecular formula is C33H30F3N4O8PS2. The van der Waals surface area contributed by atoms with Crippen LogP contribution in [0, 0.1) is 28.8 Å². The van der Waals surface area contributed by atoms with Crippen molar-refractivity contribution in [3.63, 3.8) is 0 Å². The lowest BCUT2D eigenvalue weighted by molar-refractivity contribution is -0.146. The molecule has 1 fully saturated rings. The summed E-state index contributed by atoms with van der Waals surface area (Å²) in [5, 5.41) is 13.4. The van der Waals surface area contributed by atoms with Crippen LogP contribution in [0.4, 0.5) is 13.2 Å². The first-order chi connectivity index (χ1) is 24.4. The first-order valence-corrected chi connectivity index (χ1v) is 18.4. The molecule has 0 radical (unpaired) electrons. The molecule has 3 heterocycles. The van der Waals surface area contributed by atoms with Gasteiger partial charge in [0.05, 0.1) is 43.2 Å². The number of halogens is 3. The molecule has 0 spiro atoms. The van der Waals surface area contributed by atoms with E-state index in [1.807, 2.05) is 6.07 Å². The van der Waals surface area contributed by atoms with Crippen LogP contribution in [0.3, 0.4) is 0 Å². The zero-order valence-corrected chi connectivity index (χ0v) is 29.2. The van der Waals surface area contributed by atoms with Gasteiger partial charge in [0.2, 0.25) is 0 Å². The molecule has 1 saturated heterocycles. The minimum Gasteiger partial charge on any atom is -0.447 e. The lowest BCUT2D eigenvalue weighted by Gasteiger charge is -2.40. The van der Waals surface area contributed by atoms with E-state index in [1.165, 1.54) is 64.8 Å². The Morgan fingerprint density at radius 3 is 2.65 bits per heavy atom. The zero-order chi connectivity index (χ0) is 36.6. The van der Waals surface area contributed by atoms with E-state index in [0.717, 1.165) is 23.5 Å². The van der Waals surface area contributed by atoms with Gasteiger partial charge in [-0.25, -0.2) is 32.2 Å². The summed E-state index contributed by atoms with van der Waals surface area (Å²) in [6.45, 7) is 1.19. The third-order valence-electron chi connectivity index (χ3n) is 7.58. The van der Waals surface area contributed by atoms with E-state index in [4.69, 9.17) is 19.5 Å². The number of ether oxygens (including phenoxy) is 3. The molecule has 4 aromatic rings. The number of aromatic nitrogens is 3. The van der Waals surface area contributed by atoms with E-state index in [2.05, 4.69) is 14.6 Å². The summed E-state index contributed by atoms with van der Waals surface area (Å²) >= 11 is 2.20. The average Bonchev–Trinajstić information content (AvgIpc) is 3.79. The molecule has 2 N–H and O–H groups in total. The van der Waals surface area contributed by atoms with Gasteiger partial charge in [-0.3, -0.25) is 4.52 Å². The number of nitriles is 1. The number of hydrogen-bond donors (Lipinski definition) is 2. The van der Waals surface area contributed by atoms with Gasteiger partial charge in [0.15, 0.2) is 11.9 Å². The molecular weight excluding hydrogens is 732 g/mol. The van der Waals surface area contributed by atoms with Gasteiger partial charge < -0.3 is 24.0 Å². The van der Waals surface area contributed by atoms with Crippen molar-refractivity contribution in [3.05, 3.63) is 123 Å². The smallest absolute Gasteiger partial charge is 0.447 e. The van der Waals surface area contributed by atoms with E-state index in [1.54, 1.807) is 25.2 Å². The molecule has 51 heavy (non-hydrogen) atoms. The van der Waals surface area contributed by atoms with Crippen LogP contribution < -0.4 is 0 Å². The monoisotopic (exact) mass is 762 g/mol. The van der Waals surface area contributed by atoms with Gasteiger partial charge in [-0.2, -0.15) is 10.4 Å². The minimum atomic E-state index is -4.87. The molecule has 12 nitrogen and oxygen atoms in total. The summed E-state index contributed by atoms with van der Waals surface area (Å²) < 4.78 is 79.2. The van der Waals surface area contributed by atoms with Crippen molar-refractivity contribution in [2.75, 3.05) is 13.2 Å². The van der Waals surface area contributed by atoms with E-state index in [0.29, 0.717) is 11.6 Å². The summed E-state index contributed by atoms with van der Waals surface area (Å²) in [6.07, 6.45) is 8.25. The number of nitrogens with zero attached hydrogens (tertiary/aromatic N) is 4. The number of thiophene rings is 1. The number of hydrogen-bond acceptors (Lipinski definition) is 11. The molecule has 1 aliphatic rings. The van der Waals surface area contributed by atoms with Crippen LogP contribution in [0.15, 0.2) is 78.7 Å². The van der Waals surface area contributed by atoms with Crippen molar-refractivity contribution in [2.45, 2.75) is 42.5 Å². The van der Waals surface area contributed by atoms with Crippen LogP contribution >= 0.6 is 30.9 Å². The van der Waals surface area contributed by atoms with Crippen LogP contribution in [-0.2, 0) is 42.1 Å². The molecule has 18 heteroatoms. The van der Waals surface area contributed by atoms with E-state index >= 15 is 4.39 Å². The standard InChI is InChI=1S/C33H30F3N4O8PS2/c1-21(51-26-16-45-30(46-17-26)5-3-2-4-23-7-6-22(14-37)12-28(23)35)33(18-40-20-38-19-39-40,27-9-8-25(34)13-29(27)36)48-32(41)31-24(10-11-50-31)15-47-49(42,43)44/h2-13,19-21,26,30H,15-18H2,1H3,(H2,42,43,44)/t21-,26-,30-,33-/m1/s1. The second-order valence-corrected chi connectivity index (χ2v) is 14.9. The fraction of sp³-hybridized carbons (Fsp3) is 0.273. The van der Waals surface area contributed by atoms with Crippen LogP contribution in [0.25, 0.3) is 6.08 Å². The molecule has 0 saturated carbocycles. The molecule has 268 valence electrons. The Morgan fingerprint density at radius 2 is 1.98 bits per heavy atom. The van der Waals surface area contributed by atoms with Gasteiger partial charge in [0.1, 0.15) is 35.0 Å². The Kier molecular flexibility index (Phi) is 12.7. The number of phosphoric acid groups is 1. The average molecular weight is 763 g/mol. The van der Waals surface area contributed by atoms with Crippen LogP contribution in [-0.4, -0.2) is 60.5 Å². The Morgan fingerprint density at radius 1 is 1.20 bits per heavy atom. The quantitative estimate of drug-likeness (QED) is 0.0860. The highest BCUT2D eigenvalue weighted by Gasteiger charge is 2.47. The maximum Gasteiger partial charge on any atom is 0.469 e. The number of carbonyl (C=O) groups excluding carboxylic acids is 1. The normalized spacial score (nSPS) is 18.5. The van der Waals surface area contributed by atoms with Crippen LogP contribution in [0.1, 0.15) is 38.8 Å². The molecule has 1 aliphatic heterocycles. The highest BCUT2D eigenvalue weighted by molar-refractivity contribution is 8.00. The minimum absolute atomic E-state index is 0.0407. The Hall–Kier alpha value is -4.11. The molecule has 5 rings (SSSR count). The number of esters is 1. The van der Waals surface area contributed by atoms with Crippen molar-refractivity contribution < 1.29 is 51.1 Å². The molecule has 0 amide bonds. The lowest BCUT2D eigenvalue weighted by Crippen LogP contribution is -2.47. The van der Waals surface area contributed by atoms with Crippen molar-refractivity contribution in [1.82, 2.24) is 14.8 Å². The first-order valence-electron chi connectivity index (χ1n) is 15.1. The Bertz CT molecular complexity index is 1980. The van der Waals surface area contributed by atoms with E-state index < -0.39 is 55.0 Å². The fourth-order valence-corrected chi connectivity index (χ4v) is 7.57. The van der Waals surface area contributed by atoms with Gasteiger partial charge in [-0.05, 0) is 48.7 Å². The number of phosphoric ester groups is 1. The highest BCUT2D eigenvalue weighted by atomic mass is 32.2. The lowest BCUT2D eigenvalue weighted by atomic mass is 9.89. The van der Waals surface area contributed by atoms with Gasteiger partial charge in [-0.15, -0.1) is 23.1 Å². The summed E-state index contributed by atoms with van der Waals surface area (Å²) in [6, 6.07) is 10.4. The predicted octanol–water partition coefficient (Wildman–Crippen LogP) is 6.12. The first kappa shape index (κ1) is 38.1. The van der Waals surface area contributed by atoms with E-state index in [-0.39, 0.29) is 46.6 Å². The maximum absolute atomic E-state index is 15.7. The predicted molar refractivity (Wildman–Crippen MR) is 180 cm³/mol. The maximum atomic E-state index is 15.7. The third kappa shape index (κ3) is 10.0. The fourth-order valence-electron chi connectivity index (χ4n) is 5.12. The van der Waals surface area contributed by atoms with Gasteiger partial charge in [0.25, 0.3) is 0 Å². The summed E-state index contributed by atoms with van der Waals surface area (Å²) in [5.41, 5.74) is -1.35. The Labute approximate surface area is 298 Å². The number of benzene rings is 2. The Balaban J connectivity index is 1.35. The summed E-state index contributed by atoms with van der Waals surface area (Å²) in [7, 11) is -4.87. The number of carbonyl (C=O) groups is 1. The third-order valence-corrected chi connectivity index (χ3v) is 10.4. The molecule has 2 aromatic carbocycles. The molecule has 2 atom stereocenters. The van der Waals surface area contributed by atoms with Crippen LogP contribution in [0.5, 0.6) is 0 Å². The van der Waals surface area contributed by atoms with Crippen LogP contribution in [0.2, 0.25) is 0 Å². The van der Waals surface area contributed by atoms with Crippen molar-refractivity contribution in [3.8, 4) is 6.07 Å². The summed E-state index contributed by atoms with van der Waals surface area (Å²) in [5.74, 6) is -3.31. The van der Waals surface area contributed by atoms with Crippen molar-refractivity contribution in [2.24, 2.45) is 0 Å². The summed E-state index contributed by atoms with van der Waals surface area (Å²) in [4.78, 5) is 36.1. The zero-order valence-electron chi connectivity index (χ0n) is 26.7. The highest BCUT2D eigenvalue weighted by Crippen LogP contribution is 2.43. The van der Waals surface area contributed by atoms with E-state index in [9.17, 15) is 27.9 Å². The molecule has 0 unspecified atom stereocenters. The molecule has 0 bridgehead atoms. The molecule has 2 aromatic heterocycles. The second-order valence-electron chi connectivity index (χ2n) is 11.1. The number of rotatable bonds is 14. The second kappa shape index (κ2) is 16.9.